The van der Waals surface area contributed by atoms with Crippen molar-refractivity contribution in [2.75, 3.05) is 31.2 Å². The molecule has 4 rings (SSSR count). The highest BCUT2D eigenvalue weighted by Gasteiger charge is 2.18. The van der Waals surface area contributed by atoms with Crippen LogP contribution in [0.2, 0.25) is 0 Å². The quantitative estimate of drug-likeness (QED) is 0.653. The minimum absolute atomic E-state index is 0.236. The number of fused-ring (bicyclic) bond motifs is 1. The number of thiazole rings is 1. The van der Waals surface area contributed by atoms with E-state index in [0.29, 0.717) is 23.5 Å². The molecule has 0 spiro atoms. The number of morpholine rings is 1. The Bertz CT molecular complexity index is 997. The van der Waals surface area contributed by atoms with E-state index in [1.165, 1.54) is 34.8 Å². The zero-order valence-electron chi connectivity index (χ0n) is 14.0. The van der Waals surface area contributed by atoms with E-state index in [1.807, 2.05) is 0 Å². The summed E-state index contributed by atoms with van der Waals surface area (Å²) in [6.07, 6.45) is 0. The summed E-state index contributed by atoms with van der Waals surface area (Å²) in [5.41, 5.74) is 4.97. The van der Waals surface area contributed by atoms with E-state index in [2.05, 4.69) is 20.7 Å². The number of rotatable bonds is 3. The number of nitrogens with zero attached hydrogens (tertiary/aromatic N) is 2. The molecular formula is C17H15FN4O3S2. The van der Waals surface area contributed by atoms with Gasteiger partial charge in [0.05, 0.1) is 18.1 Å². The first-order valence-electron chi connectivity index (χ1n) is 8.18. The number of hydrogen-bond acceptors (Lipinski definition) is 7. The van der Waals surface area contributed by atoms with Gasteiger partial charge in [-0.15, -0.1) is 22.7 Å². The molecule has 2 N–H and O–H groups in total. The first kappa shape index (κ1) is 17.8. The minimum Gasteiger partial charge on any atom is -0.378 e. The summed E-state index contributed by atoms with van der Waals surface area (Å²) >= 11 is 2.59. The van der Waals surface area contributed by atoms with Crippen LogP contribution in [0.4, 0.5) is 9.52 Å². The number of carbonyl (C=O) groups is 2. The van der Waals surface area contributed by atoms with Crippen LogP contribution in [0.3, 0.4) is 0 Å². The van der Waals surface area contributed by atoms with E-state index in [0.717, 1.165) is 22.9 Å². The van der Waals surface area contributed by atoms with Crippen LogP contribution >= 0.6 is 22.7 Å². The largest absolute Gasteiger partial charge is 0.378 e. The summed E-state index contributed by atoms with van der Waals surface area (Å²) in [6.45, 7) is 2.74. The van der Waals surface area contributed by atoms with E-state index in [4.69, 9.17) is 4.74 Å². The predicted octanol–water partition coefficient (Wildman–Crippen LogP) is 2.41. The lowest BCUT2D eigenvalue weighted by Crippen LogP contribution is -2.41. The number of amides is 2. The van der Waals surface area contributed by atoms with E-state index < -0.39 is 11.8 Å². The fraction of sp³-hybridized carbons (Fsp3) is 0.235. The zero-order chi connectivity index (χ0) is 18.8. The summed E-state index contributed by atoms with van der Waals surface area (Å²) in [5, 5.41) is 3.04. The number of benzene rings is 1. The van der Waals surface area contributed by atoms with Gasteiger partial charge in [0.1, 0.15) is 11.5 Å². The van der Waals surface area contributed by atoms with Gasteiger partial charge in [0.25, 0.3) is 11.8 Å². The van der Waals surface area contributed by atoms with Crippen LogP contribution in [0.5, 0.6) is 0 Å². The summed E-state index contributed by atoms with van der Waals surface area (Å²) in [4.78, 5) is 31.2. The monoisotopic (exact) mass is 406 g/mol. The first-order chi connectivity index (χ1) is 13.1. The summed E-state index contributed by atoms with van der Waals surface area (Å²) in [6, 6.07) is 5.91. The second-order valence-corrected chi connectivity index (χ2v) is 7.74. The Morgan fingerprint density at radius 2 is 1.93 bits per heavy atom. The van der Waals surface area contributed by atoms with E-state index in [1.54, 1.807) is 17.5 Å². The summed E-state index contributed by atoms with van der Waals surface area (Å²) < 4.78 is 19.3. The van der Waals surface area contributed by atoms with Crippen molar-refractivity contribution in [2.45, 2.75) is 0 Å². The van der Waals surface area contributed by atoms with Gasteiger partial charge in [-0.25, -0.2) is 9.37 Å². The maximum Gasteiger partial charge on any atom is 0.289 e. The smallest absolute Gasteiger partial charge is 0.289 e. The lowest BCUT2D eigenvalue weighted by molar-refractivity contribution is 0.0846. The van der Waals surface area contributed by atoms with Crippen molar-refractivity contribution in [3.63, 3.8) is 0 Å². The average molecular weight is 406 g/mol. The highest BCUT2D eigenvalue weighted by atomic mass is 32.1. The van der Waals surface area contributed by atoms with Gasteiger partial charge in [0.15, 0.2) is 5.13 Å². The highest BCUT2D eigenvalue weighted by Crippen LogP contribution is 2.26. The standard InChI is InChI=1S/C17H15FN4O3S2/c18-11-1-2-13-10(7-11)8-14(27-13)16(24)21-20-15(23)12-9-26-17(19-12)22-3-5-25-6-4-22/h1-2,7-9H,3-6H2,(H,20,23)(H,21,24). The molecule has 3 aromatic rings. The number of hydrazine groups is 1. The minimum atomic E-state index is -0.494. The first-order valence-corrected chi connectivity index (χ1v) is 9.88. The average Bonchev–Trinajstić information content (AvgIpc) is 3.33. The molecule has 1 fully saturated rings. The Morgan fingerprint density at radius 1 is 1.15 bits per heavy atom. The second-order valence-electron chi connectivity index (χ2n) is 5.82. The second kappa shape index (κ2) is 7.59. The Kier molecular flexibility index (Phi) is 5.01. The van der Waals surface area contributed by atoms with Crippen molar-refractivity contribution >= 4 is 49.7 Å². The zero-order valence-corrected chi connectivity index (χ0v) is 15.7. The van der Waals surface area contributed by atoms with Gasteiger partial charge in [-0.3, -0.25) is 20.4 Å². The Morgan fingerprint density at radius 3 is 2.74 bits per heavy atom. The summed E-state index contributed by atoms with van der Waals surface area (Å²) in [7, 11) is 0. The van der Waals surface area contributed by atoms with Crippen LogP contribution in [0.15, 0.2) is 29.6 Å². The number of nitrogens with one attached hydrogen (secondary N) is 2. The number of ether oxygens (including phenoxy) is 1. The van der Waals surface area contributed by atoms with Crippen LogP contribution in [-0.4, -0.2) is 43.1 Å². The number of anilines is 1. The van der Waals surface area contributed by atoms with Crippen molar-refractivity contribution in [1.29, 1.82) is 0 Å². The van der Waals surface area contributed by atoms with E-state index in [9.17, 15) is 14.0 Å². The fourth-order valence-corrected chi connectivity index (χ4v) is 4.43. The van der Waals surface area contributed by atoms with Crippen LogP contribution in [0, 0.1) is 5.82 Å². The molecule has 3 heterocycles. The van der Waals surface area contributed by atoms with Gasteiger partial charge in [0, 0.05) is 23.2 Å². The van der Waals surface area contributed by atoms with E-state index in [-0.39, 0.29) is 11.5 Å². The molecule has 1 aliphatic heterocycles. The molecule has 0 radical (unpaired) electrons. The number of hydrogen-bond donors (Lipinski definition) is 2. The summed E-state index contributed by atoms with van der Waals surface area (Å²) in [5.74, 6) is -1.32. The van der Waals surface area contributed by atoms with Crippen molar-refractivity contribution in [1.82, 2.24) is 15.8 Å². The third kappa shape index (κ3) is 3.92. The molecule has 0 atom stereocenters. The molecule has 10 heteroatoms. The maximum absolute atomic E-state index is 13.3. The molecule has 1 aliphatic rings. The molecular weight excluding hydrogens is 391 g/mol. The van der Waals surface area contributed by atoms with Gasteiger partial charge in [-0.1, -0.05) is 0 Å². The van der Waals surface area contributed by atoms with Crippen molar-refractivity contribution < 1.29 is 18.7 Å². The fourth-order valence-electron chi connectivity index (χ4n) is 2.63. The van der Waals surface area contributed by atoms with Crippen LogP contribution in [0.1, 0.15) is 20.2 Å². The molecule has 27 heavy (non-hydrogen) atoms. The number of carbonyl (C=O) groups excluding carboxylic acids is 2. The predicted molar refractivity (Wildman–Crippen MR) is 102 cm³/mol. The highest BCUT2D eigenvalue weighted by molar-refractivity contribution is 7.20. The normalized spacial score (nSPS) is 14.3. The third-order valence-corrected chi connectivity index (χ3v) is 6.01. The van der Waals surface area contributed by atoms with Gasteiger partial charge < -0.3 is 9.64 Å². The van der Waals surface area contributed by atoms with Gasteiger partial charge in [-0.2, -0.15) is 0 Å². The molecule has 0 bridgehead atoms. The molecule has 0 saturated carbocycles. The van der Waals surface area contributed by atoms with Crippen LogP contribution in [0.25, 0.3) is 10.1 Å². The van der Waals surface area contributed by atoms with Crippen molar-refractivity contribution in [2.24, 2.45) is 0 Å². The molecule has 2 aromatic heterocycles. The Balaban J connectivity index is 1.38. The van der Waals surface area contributed by atoms with Gasteiger partial charge in [0.2, 0.25) is 0 Å². The number of halogens is 1. The maximum atomic E-state index is 13.3. The van der Waals surface area contributed by atoms with Crippen LogP contribution < -0.4 is 15.8 Å². The lowest BCUT2D eigenvalue weighted by atomic mass is 10.2. The molecule has 140 valence electrons. The number of thiophene rings is 1. The molecule has 7 nitrogen and oxygen atoms in total. The molecule has 2 amide bonds. The van der Waals surface area contributed by atoms with Crippen molar-refractivity contribution in [3.8, 4) is 0 Å². The van der Waals surface area contributed by atoms with Gasteiger partial charge >= 0.3 is 0 Å². The van der Waals surface area contributed by atoms with Gasteiger partial charge in [-0.05, 0) is 29.7 Å². The number of aromatic nitrogens is 1. The SMILES string of the molecule is O=C(NNC(=O)c1cc2cc(F)ccc2s1)c1csc(N2CCOCC2)n1. The molecule has 0 unspecified atom stereocenters. The Labute approximate surface area is 161 Å². The van der Waals surface area contributed by atoms with Crippen LogP contribution in [-0.2, 0) is 4.74 Å². The molecule has 1 aromatic carbocycles. The molecule has 0 aliphatic carbocycles. The lowest BCUT2D eigenvalue weighted by Gasteiger charge is -2.25. The topological polar surface area (TPSA) is 83.6 Å². The van der Waals surface area contributed by atoms with Crippen molar-refractivity contribution in [3.05, 3.63) is 46.0 Å². The Hall–Kier alpha value is -2.56. The van der Waals surface area contributed by atoms with E-state index >= 15 is 0 Å². The third-order valence-electron chi connectivity index (χ3n) is 4.00. The molecule has 1 saturated heterocycles.